The quantitative estimate of drug-likeness (QED) is 0.656. The van der Waals surface area contributed by atoms with Crippen molar-refractivity contribution >= 4 is 28.8 Å². The first-order chi connectivity index (χ1) is 14.5. The van der Waals surface area contributed by atoms with Crippen LogP contribution in [0.4, 0.5) is 0 Å². The molecule has 0 saturated carbocycles. The second-order valence-electron chi connectivity index (χ2n) is 8.24. The van der Waals surface area contributed by atoms with E-state index in [2.05, 4.69) is 35.3 Å². The summed E-state index contributed by atoms with van der Waals surface area (Å²) in [6, 6.07) is 7.80. The number of nitrogens with one attached hydrogen (secondary N) is 1. The van der Waals surface area contributed by atoms with Crippen LogP contribution in [0.5, 0.6) is 0 Å². The Bertz CT molecular complexity index is 1030. The van der Waals surface area contributed by atoms with Crippen molar-refractivity contribution in [3.63, 3.8) is 0 Å². The third-order valence-corrected chi connectivity index (χ3v) is 6.72. The van der Waals surface area contributed by atoms with Crippen molar-refractivity contribution in [1.82, 2.24) is 24.8 Å². The molecule has 3 aromatic rings. The highest BCUT2D eigenvalue weighted by molar-refractivity contribution is 7.14. The van der Waals surface area contributed by atoms with E-state index in [4.69, 9.17) is 0 Å². The van der Waals surface area contributed by atoms with Crippen LogP contribution in [0.15, 0.2) is 36.8 Å². The lowest BCUT2D eigenvalue weighted by atomic mass is 9.94. The van der Waals surface area contributed by atoms with E-state index in [9.17, 15) is 9.59 Å². The number of likely N-dealkylation sites (tertiary alicyclic amines) is 1. The van der Waals surface area contributed by atoms with Gasteiger partial charge < -0.3 is 10.2 Å². The van der Waals surface area contributed by atoms with Gasteiger partial charge in [-0.05, 0) is 48.4 Å². The number of carbonyl (C=O) groups is 2. The maximum Gasteiger partial charge on any atom is 0.261 e. The molecule has 0 aromatic carbocycles. The number of amides is 2. The van der Waals surface area contributed by atoms with E-state index in [0.29, 0.717) is 24.8 Å². The Hall–Kier alpha value is -2.74. The van der Waals surface area contributed by atoms with E-state index >= 15 is 0 Å². The molecule has 0 bridgehead atoms. The molecule has 1 saturated heterocycles. The van der Waals surface area contributed by atoms with Crippen LogP contribution in [0.2, 0.25) is 0 Å². The number of rotatable bonds is 6. The summed E-state index contributed by atoms with van der Waals surface area (Å²) in [6.07, 6.45) is 5.93. The van der Waals surface area contributed by atoms with Crippen LogP contribution in [0.1, 0.15) is 59.1 Å². The Morgan fingerprint density at radius 3 is 2.77 bits per heavy atom. The van der Waals surface area contributed by atoms with E-state index in [-0.39, 0.29) is 11.8 Å². The molecule has 1 aliphatic rings. The van der Waals surface area contributed by atoms with E-state index < -0.39 is 0 Å². The molecular weight excluding hydrogens is 398 g/mol. The first kappa shape index (κ1) is 20.5. The Morgan fingerprint density at radius 1 is 1.20 bits per heavy atom. The van der Waals surface area contributed by atoms with Crippen LogP contribution in [0.25, 0.3) is 5.65 Å². The summed E-state index contributed by atoms with van der Waals surface area (Å²) in [7, 11) is 0. The smallest absolute Gasteiger partial charge is 0.261 e. The van der Waals surface area contributed by atoms with E-state index in [1.807, 2.05) is 29.3 Å². The zero-order chi connectivity index (χ0) is 21.1. The molecule has 1 aliphatic heterocycles. The van der Waals surface area contributed by atoms with Gasteiger partial charge >= 0.3 is 0 Å². The van der Waals surface area contributed by atoms with E-state index in [1.54, 1.807) is 15.9 Å². The molecule has 4 heterocycles. The number of piperidine rings is 1. The fourth-order valence-corrected chi connectivity index (χ4v) is 4.91. The summed E-state index contributed by atoms with van der Waals surface area (Å²) in [5, 5.41) is 7.11. The minimum absolute atomic E-state index is 0.0607. The third-order valence-electron chi connectivity index (χ3n) is 5.47. The van der Waals surface area contributed by atoms with Crippen molar-refractivity contribution in [2.45, 2.75) is 45.6 Å². The SMILES string of the molecule is CC(C)CC(=O)N1CCC(c2ccc(C(=O)NCc3ccc4ncnn4c3)s2)CC1. The molecule has 30 heavy (non-hydrogen) atoms. The highest BCUT2D eigenvalue weighted by Crippen LogP contribution is 2.33. The molecule has 0 unspecified atom stereocenters. The molecule has 0 aliphatic carbocycles. The molecule has 4 rings (SSSR count). The zero-order valence-electron chi connectivity index (χ0n) is 17.4. The summed E-state index contributed by atoms with van der Waals surface area (Å²) >= 11 is 1.56. The topological polar surface area (TPSA) is 79.6 Å². The number of hydrogen-bond donors (Lipinski definition) is 1. The summed E-state index contributed by atoms with van der Waals surface area (Å²) in [5.41, 5.74) is 1.75. The van der Waals surface area contributed by atoms with Gasteiger partial charge in [-0.15, -0.1) is 11.3 Å². The lowest BCUT2D eigenvalue weighted by Gasteiger charge is -2.32. The van der Waals surface area contributed by atoms with Crippen LogP contribution in [0, 0.1) is 5.92 Å². The number of fused-ring (bicyclic) bond motifs is 1. The van der Waals surface area contributed by atoms with Crippen LogP contribution in [-0.2, 0) is 11.3 Å². The highest BCUT2D eigenvalue weighted by Gasteiger charge is 2.25. The number of pyridine rings is 1. The van der Waals surface area contributed by atoms with Crippen LogP contribution >= 0.6 is 11.3 Å². The number of carbonyl (C=O) groups excluding carboxylic acids is 2. The van der Waals surface area contributed by atoms with E-state index in [1.165, 1.54) is 11.2 Å². The van der Waals surface area contributed by atoms with Crippen LogP contribution in [0.3, 0.4) is 0 Å². The molecule has 2 amide bonds. The maximum absolute atomic E-state index is 12.6. The van der Waals surface area contributed by atoms with Gasteiger partial charge in [0.15, 0.2) is 5.65 Å². The normalized spacial score (nSPS) is 15.1. The number of aromatic nitrogens is 3. The minimum Gasteiger partial charge on any atom is -0.347 e. The van der Waals surface area contributed by atoms with Crippen molar-refractivity contribution < 1.29 is 9.59 Å². The first-order valence-electron chi connectivity index (χ1n) is 10.4. The number of thiophene rings is 1. The highest BCUT2D eigenvalue weighted by atomic mass is 32.1. The summed E-state index contributed by atoms with van der Waals surface area (Å²) < 4.78 is 1.70. The average Bonchev–Trinajstić information content (AvgIpc) is 3.41. The molecule has 158 valence electrons. The second kappa shape index (κ2) is 8.95. The van der Waals surface area contributed by atoms with Gasteiger partial charge in [0.1, 0.15) is 6.33 Å². The number of nitrogens with zero attached hydrogens (tertiary/aromatic N) is 4. The third kappa shape index (κ3) is 4.70. The fourth-order valence-electron chi connectivity index (χ4n) is 3.82. The monoisotopic (exact) mass is 425 g/mol. The molecule has 0 radical (unpaired) electrons. The maximum atomic E-state index is 12.6. The summed E-state index contributed by atoms with van der Waals surface area (Å²) in [6.45, 7) is 6.21. The predicted octanol–water partition coefficient (Wildman–Crippen LogP) is 3.47. The van der Waals surface area contributed by atoms with Gasteiger partial charge in [0, 0.05) is 37.1 Å². The van der Waals surface area contributed by atoms with Gasteiger partial charge in [-0.1, -0.05) is 19.9 Å². The van der Waals surface area contributed by atoms with Gasteiger partial charge in [-0.2, -0.15) is 5.10 Å². The molecule has 1 N–H and O–H groups in total. The van der Waals surface area contributed by atoms with Gasteiger partial charge in [-0.3, -0.25) is 9.59 Å². The summed E-state index contributed by atoms with van der Waals surface area (Å²) in [4.78, 5) is 32.9. The van der Waals surface area contributed by atoms with Crippen molar-refractivity contribution in [1.29, 1.82) is 0 Å². The van der Waals surface area contributed by atoms with Crippen molar-refractivity contribution in [3.8, 4) is 0 Å². The summed E-state index contributed by atoms with van der Waals surface area (Å²) in [5.74, 6) is 1.02. The molecular formula is C22H27N5O2S. The molecule has 0 atom stereocenters. The van der Waals surface area contributed by atoms with Crippen molar-refractivity contribution in [2.75, 3.05) is 13.1 Å². The standard InChI is InChI=1S/C22H27N5O2S/c1-15(2)11-21(28)26-9-7-17(8-10-26)18-4-5-19(30-18)22(29)23-12-16-3-6-20-24-14-25-27(20)13-16/h3-6,13-15,17H,7-12H2,1-2H3,(H,23,29). The zero-order valence-corrected chi connectivity index (χ0v) is 18.2. The van der Waals surface area contributed by atoms with Gasteiger partial charge in [0.05, 0.1) is 4.88 Å². The Balaban J connectivity index is 1.30. The Morgan fingerprint density at radius 2 is 2.00 bits per heavy atom. The van der Waals surface area contributed by atoms with Crippen LogP contribution < -0.4 is 5.32 Å². The average molecular weight is 426 g/mol. The first-order valence-corrected chi connectivity index (χ1v) is 11.2. The molecule has 3 aromatic heterocycles. The van der Waals surface area contributed by atoms with Gasteiger partial charge in [-0.25, -0.2) is 9.50 Å². The minimum atomic E-state index is -0.0607. The number of hydrogen-bond acceptors (Lipinski definition) is 5. The lowest BCUT2D eigenvalue weighted by Crippen LogP contribution is -2.38. The second-order valence-corrected chi connectivity index (χ2v) is 9.35. The van der Waals surface area contributed by atoms with Crippen LogP contribution in [-0.4, -0.2) is 44.4 Å². The predicted molar refractivity (Wildman–Crippen MR) is 116 cm³/mol. The van der Waals surface area contributed by atoms with Crippen molar-refractivity contribution in [2.24, 2.45) is 5.92 Å². The molecule has 0 spiro atoms. The van der Waals surface area contributed by atoms with Gasteiger partial charge in [0.2, 0.25) is 5.91 Å². The van der Waals surface area contributed by atoms with Gasteiger partial charge in [0.25, 0.3) is 5.91 Å². The van der Waals surface area contributed by atoms with Crippen molar-refractivity contribution in [3.05, 3.63) is 52.1 Å². The largest absolute Gasteiger partial charge is 0.347 e. The fraction of sp³-hybridized carbons (Fsp3) is 0.455. The lowest BCUT2D eigenvalue weighted by molar-refractivity contribution is -0.133. The Labute approximate surface area is 180 Å². The Kier molecular flexibility index (Phi) is 6.13. The molecule has 1 fully saturated rings. The van der Waals surface area contributed by atoms with E-state index in [0.717, 1.165) is 42.0 Å². The molecule has 7 nitrogen and oxygen atoms in total. The molecule has 8 heteroatoms.